The average Bonchev–Trinajstić information content (AvgIpc) is 2.39. The van der Waals surface area contributed by atoms with Crippen molar-refractivity contribution in [3.8, 4) is 0 Å². The Hall–Kier alpha value is -0.610. The zero-order valence-electron chi connectivity index (χ0n) is 13.9. The van der Waals surface area contributed by atoms with Gasteiger partial charge in [0.15, 0.2) is 0 Å². The van der Waals surface area contributed by atoms with Crippen molar-refractivity contribution in [1.82, 2.24) is 10.2 Å². The second-order valence-electron chi connectivity index (χ2n) is 6.41. The van der Waals surface area contributed by atoms with E-state index in [1.807, 2.05) is 13.8 Å². The minimum atomic E-state index is -0.177. The summed E-state index contributed by atoms with van der Waals surface area (Å²) < 4.78 is 5.13. The van der Waals surface area contributed by atoms with Crippen LogP contribution in [0.2, 0.25) is 0 Å². The van der Waals surface area contributed by atoms with Gasteiger partial charge in [0.05, 0.1) is 6.61 Å². The van der Waals surface area contributed by atoms with Crippen LogP contribution in [0.1, 0.15) is 52.9 Å². The highest BCUT2D eigenvalue weighted by molar-refractivity contribution is 5.75. The van der Waals surface area contributed by atoms with Gasteiger partial charge in [0.1, 0.15) is 6.04 Å². The largest absolute Gasteiger partial charge is 0.465 e. The molecule has 4 nitrogen and oxygen atoms in total. The SMILES string of the molecule is CCOC(=O)C(CC)NCC1(N(C)C)CCCC(C)C1. The minimum absolute atomic E-state index is 0.118. The van der Waals surface area contributed by atoms with Crippen LogP contribution in [0.4, 0.5) is 0 Å². The molecule has 0 spiro atoms. The molecule has 0 saturated heterocycles. The molecule has 1 fully saturated rings. The summed E-state index contributed by atoms with van der Waals surface area (Å²) >= 11 is 0. The van der Waals surface area contributed by atoms with Crippen molar-refractivity contribution in [3.05, 3.63) is 0 Å². The first-order chi connectivity index (χ1) is 9.45. The summed E-state index contributed by atoms with van der Waals surface area (Å²) in [5, 5.41) is 3.45. The Kier molecular flexibility index (Phi) is 6.96. The van der Waals surface area contributed by atoms with Crippen LogP contribution in [0.15, 0.2) is 0 Å². The lowest BCUT2D eigenvalue weighted by atomic mass is 9.75. The summed E-state index contributed by atoms with van der Waals surface area (Å²) in [7, 11) is 4.32. The number of carbonyl (C=O) groups is 1. The first-order valence-corrected chi connectivity index (χ1v) is 8.02. The van der Waals surface area contributed by atoms with Crippen molar-refractivity contribution < 1.29 is 9.53 Å². The molecule has 0 aromatic carbocycles. The lowest BCUT2D eigenvalue weighted by Crippen LogP contribution is -2.56. The molecule has 1 rings (SSSR count). The van der Waals surface area contributed by atoms with E-state index in [1.54, 1.807) is 0 Å². The summed E-state index contributed by atoms with van der Waals surface area (Å²) in [6.07, 6.45) is 5.78. The Bertz CT molecular complexity index is 307. The second-order valence-corrected chi connectivity index (χ2v) is 6.41. The maximum atomic E-state index is 11.9. The molecule has 3 unspecified atom stereocenters. The summed E-state index contributed by atoms with van der Waals surface area (Å²) in [4.78, 5) is 14.2. The monoisotopic (exact) mass is 284 g/mol. The third-order valence-electron chi connectivity index (χ3n) is 4.67. The molecular formula is C16H32N2O2. The van der Waals surface area contributed by atoms with Crippen LogP contribution < -0.4 is 5.32 Å². The Morgan fingerprint density at radius 3 is 2.65 bits per heavy atom. The zero-order chi connectivity index (χ0) is 15.2. The molecule has 0 aliphatic heterocycles. The van der Waals surface area contributed by atoms with Crippen molar-refractivity contribution in [2.24, 2.45) is 5.92 Å². The van der Waals surface area contributed by atoms with Crippen molar-refractivity contribution in [3.63, 3.8) is 0 Å². The van der Waals surface area contributed by atoms with Gasteiger partial charge < -0.3 is 15.0 Å². The van der Waals surface area contributed by atoms with Crippen LogP contribution in [0.5, 0.6) is 0 Å². The van der Waals surface area contributed by atoms with Crippen LogP contribution in [0.25, 0.3) is 0 Å². The third-order valence-corrected chi connectivity index (χ3v) is 4.67. The van der Waals surface area contributed by atoms with Crippen molar-refractivity contribution in [2.75, 3.05) is 27.2 Å². The van der Waals surface area contributed by atoms with E-state index < -0.39 is 0 Å². The lowest BCUT2D eigenvalue weighted by molar-refractivity contribution is -0.145. The Labute approximate surface area is 124 Å². The third kappa shape index (κ3) is 4.45. The van der Waals surface area contributed by atoms with Gasteiger partial charge in [-0.3, -0.25) is 4.79 Å². The minimum Gasteiger partial charge on any atom is -0.465 e. The average molecular weight is 284 g/mol. The molecular weight excluding hydrogens is 252 g/mol. The molecule has 0 bridgehead atoms. The highest BCUT2D eigenvalue weighted by Crippen LogP contribution is 2.35. The molecule has 0 heterocycles. The smallest absolute Gasteiger partial charge is 0.323 e. The predicted octanol–water partition coefficient (Wildman–Crippen LogP) is 2.43. The Morgan fingerprint density at radius 1 is 1.45 bits per heavy atom. The van der Waals surface area contributed by atoms with E-state index in [0.29, 0.717) is 6.61 Å². The number of ether oxygens (including phenoxy) is 1. The summed E-state index contributed by atoms with van der Waals surface area (Å²) in [6, 6.07) is -0.177. The number of hydrogen-bond donors (Lipinski definition) is 1. The number of rotatable bonds is 7. The first kappa shape index (κ1) is 17.4. The molecule has 0 radical (unpaired) electrons. The molecule has 1 N–H and O–H groups in total. The maximum absolute atomic E-state index is 11.9. The fraction of sp³-hybridized carbons (Fsp3) is 0.938. The van der Waals surface area contributed by atoms with E-state index in [1.165, 1.54) is 25.7 Å². The van der Waals surface area contributed by atoms with E-state index in [2.05, 4.69) is 31.2 Å². The number of esters is 1. The van der Waals surface area contributed by atoms with Crippen molar-refractivity contribution in [2.45, 2.75) is 64.5 Å². The molecule has 0 aromatic heterocycles. The van der Waals surface area contributed by atoms with E-state index >= 15 is 0 Å². The molecule has 1 aliphatic carbocycles. The van der Waals surface area contributed by atoms with Gasteiger partial charge in [-0.25, -0.2) is 0 Å². The van der Waals surface area contributed by atoms with Gasteiger partial charge in [-0.15, -0.1) is 0 Å². The standard InChI is InChI=1S/C16H32N2O2/c1-6-14(15(19)20-7-2)17-12-16(18(4)5)10-8-9-13(3)11-16/h13-14,17H,6-12H2,1-5H3. The maximum Gasteiger partial charge on any atom is 0.323 e. The van der Waals surface area contributed by atoms with E-state index in [9.17, 15) is 4.79 Å². The Morgan fingerprint density at radius 2 is 2.15 bits per heavy atom. The second kappa shape index (κ2) is 7.99. The number of nitrogens with zero attached hydrogens (tertiary/aromatic N) is 1. The van der Waals surface area contributed by atoms with Gasteiger partial charge in [-0.1, -0.05) is 26.7 Å². The van der Waals surface area contributed by atoms with E-state index in [0.717, 1.165) is 18.9 Å². The molecule has 4 heteroatoms. The van der Waals surface area contributed by atoms with Gasteiger partial charge in [-0.05, 0) is 46.2 Å². The Balaban J connectivity index is 2.64. The van der Waals surface area contributed by atoms with Gasteiger partial charge in [0.2, 0.25) is 0 Å². The summed E-state index contributed by atoms with van der Waals surface area (Å²) in [5.74, 6) is 0.642. The van der Waals surface area contributed by atoms with Crippen LogP contribution in [0.3, 0.4) is 0 Å². The first-order valence-electron chi connectivity index (χ1n) is 8.02. The van der Waals surface area contributed by atoms with Gasteiger partial charge in [0, 0.05) is 12.1 Å². The van der Waals surface area contributed by atoms with Crippen LogP contribution in [-0.4, -0.2) is 49.7 Å². The van der Waals surface area contributed by atoms with Crippen LogP contribution in [-0.2, 0) is 9.53 Å². The van der Waals surface area contributed by atoms with E-state index in [4.69, 9.17) is 4.74 Å². The van der Waals surface area contributed by atoms with Gasteiger partial charge in [0.25, 0.3) is 0 Å². The molecule has 118 valence electrons. The molecule has 0 aromatic rings. The van der Waals surface area contributed by atoms with Crippen molar-refractivity contribution >= 4 is 5.97 Å². The fourth-order valence-electron chi connectivity index (χ4n) is 3.31. The number of hydrogen-bond acceptors (Lipinski definition) is 4. The predicted molar refractivity (Wildman–Crippen MR) is 82.8 cm³/mol. The normalized spacial score (nSPS) is 28.4. The number of carbonyl (C=O) groups excluding carboxylic acids is 1. The molecule has 20 heavy (non-hydrogen) atoms. The quantitative estimate of drug-likeness (QED) is 0.729. The highest BCUT2D eigenvalue weighted by atomic mass is 16.5. The highest BCUT2D eigenvalue weighted by Gasteiger charge is 2.37. The van der Waals surface area contributed by atoms with Crippen LogP contribution >= 0.6 is 0 Å². The summed E-state index contributed by atoms with van der Waals surface area (Å²) in [6.45, 7) is 7.53. The van der Waals surface area contributed by atoms with Crippen LogP contribution in [0, 0.1) is 5.92 Å². The summed E-state index contributed by atoms with van der Waals surface area (Å²) in [5.41, 5.74) is 0.178. The molecule has 1 saturated carbocycles. The zero-order valence-corrected chi connectivity index (χ0v) is 13.9. The van der Waals surface area contributed by atoms with Gasteiger partial charge >= 0.3 is 5.97 Å². The molecule has 3 atom stereocenters. The molecule has 0 amide bonds. The topological polar surface area (TPSA) is 41.6 Å². The fourth-order valence-corrected chi connectivity index (χ4v) is 3.31. The van der Waals surface area contributed by atoms with Gasteiger partial charge in [-0.2, -0.15) is 0 Å². The lowest BCUT2D eigenvalue weighted by Gasteiger charge is -2.46. The number of likely N-dealkylation sites (N-methyl/N-ethyl adjacent to an activating group) is 1. The number of nitrogens with one attached hydrogen (secondary N) is 1. The van der Waals surface area contributed by atoms with Crippen molar-refractivity contribution in [1.29, 1.82) is 0 Å². The molecule has 1 aliphatic rings. The van der Waals surface area contributed by atoms with E-state index in [-0.39, 0.29) is 17.6 Å².